The van der Waals surface area contributed by atoms with E-state index in [0.717, 1.165) is 11.1 Å². The second kappa shape index (κ2) is 6.79. The standard InChI is InChI=1S/C12H20BrN3O/c1-8(2)17-12-5-11(14-7-15-12)16-10(4)9(3)6-13/h5,7-10H,6H2,1-4H3,(H,14,15,16). The van der Waals surface area contributed by atoms with Crippen LogP contribution < -0.4 is 10.1 Å². The molecule has 1 heterocycles. The Kier molecular flexibility index (Phi) is 5.68. The fraction of sp³-hybridized carbons (Fsp3) is 0.667. The Morgan fingerprint density at radius 3 is 2.59 bits per heavy atom. The van der Waals surface area contributed by atoms with Gasteiger partial charge in [-0.2, -0.15) is 0 Å². The largest absolute Gasteiger partial charge is 0.475 e. The molecule has 17 heavy (non-hydrogen) atoms. The third-order valence-corrected chi connectivity index (χ3v) is 3.49. The van der Waals surface area contributed by atoms with Crippen LogP contribution in [0.5, 0.6) is 5.88 Å². The van der Waals surface area contributed by atoms with Crippen LogP contribution >= 0.6 is 15.9 Å². The van der Waals surface area contributed by atoms with Gasteiger partial charge in [0.15, 0.2) is 0 Å². The van der Waals surface area contributed by atoms with E-state index in [-0.39, 0.29) is 6.10 Å². The summed E-state index contributed by atoms with van der Waals surface area (Å²) < 4.78 is 5.52. The van der Waals surface area contributed by atoms with Gasteiger partial charge in [-0.3, -0.25) is 0 Å². The smallest absolute Gasteiger partial charge is 0.218 e. The van der Waals surface area contributed by atoms with E-state index in [4.69, 9.17) is 4.74 Å². The maximum atomic E-state index is 5.52. The highest BCUT2D eigenvalue weighted by Gasteiger charge is 2.11. The van der Waals surface area contributed by atoms with Gasteiger partial charge in [0.25, 0.3) is 0 Å². The van der Waals surface area contributed by atoms with E-state index in [1.807, 2.05) is 19.9 Å². The number of hydrogen-bond donors (Lipinski definition) is 1. The molecule has 96 valence electrons. The topological polar surface area (TPSA) is 47.0 Å². The molecule has 0 aromatic carbocycles. The van der Waals surface area contributed by atoms with Gasteiger partial charge >= 0.3 is 0 Å². The lowest BCUT2D eigenvalue weighted by atomic mass is 10.1. The molecule has 0 spiro atoms. The molecule has 1 aromatic heterocycles. The summed E-state index contributed by atoms with van der Waals surface area (Å²) in [5, 5.41) is 4.31. The third kappa shape index (κ3) is 4.89. The van der Waals surface area contributed by atoms with Gasteiger partial charge in [-0.05, 0) is 26.7 Å². The summed E-state index contributed by atoms with van der Waals surface area (Å²) >= 11 is 3.48. The molecule has 0 bridgehead atoms. The summed E-state index contributed by atoms with van der Waals surface area (Å²) in [6, 6.07) is 2.17. The zero-order valence-electron chi connectivity index (χ0n) is 10.8. The van der Waals surface area contributed by atoms with Crippen molar-refractivity contribution in [3.63, 3.8) is 0 Å². The van der Waals surface area contributed by atoms with Gasteiger partial charge in [-0.1, -0.05) is 22.9 Å². The zero-order valence-corrected chi connectivity index (χ0v) is 12.4. The predicted molar refractivity (Wildman–Crippen MR) is 73.8 cm³/mol. The number of alkyl halides is 1. The fourth-order valence-corrected chi connectivity index (χ4v) is 1.79. The molecule has 2 atom stereocenters. The zero-order chi connectivity index (χ0) is 12.8. The van der Waals surface area contributed by atoms with E-state index in [1.165, 1.54) is 6.33 Å². The van der Waals surface area contributed by atoms with E-state index in [0.29, 0.717) is 17.8 Å². The molecule has 5 heteroatoms. The number of anilines is 1. The predicted octanol–water partition coefficient (Wildman–Crippen LogP) is 3.10. The van der Waals surface area contributed by atoms with Gasteiger partial charge in [-0.25, -0.2) is 9.97 Å². The summed E-state index contributed by atoms with van der Waals surface area (Å²) in [4.78, 5) is 8.26. The van der Waals surface area contributed by atoms with Crippen LogP contribution in [0.3, 0.4) is 0 Å². The number of ether oxygens (including phenoxy) is 1. The Hall–Kier alpha value is -0.840. The van der Waals surface area contributed by atoms with Gasteiger partial charge in [0.05, 0.1) is 6.10 Å². The highest BCUT2D eigenvalue weighted by atomic mass is 79.9. The van der Waals surface area contributed by atoms with E-state index >= 15 is 0 Å². The van der Waals surface area contributed by atoms with E-state index in [9.17, 15) is 0 Å². The van der Waals surface area contributed by atoms with Gasteiger partial charge in [-0.15, -0.1) is 0 Å². The average molecular weight is 302 g/mol. The summed E-state index contributed by atoms with van der Waals surface area (Å²) in [6.07, 6.45) is 1.64. The molecular formula is C12H20BrN3O. The lowest BCUT2D eigenvalue weighted by Crippen LogP contribution is -2.25. The van der Waals surface area contributed by atoms with Crippen molar-refractivity contribution in [1.29, 1.82) is 0 Å². The van der Waals surface area contributed by atoms with Crippen LogP contribution in [0.2, 0.25) is 0 Å². The SMILES string of the molecule is CC(C)Oc1cc(NC(C)C(C)CBr)ncn1. The molecule has 0 aliphatic carbocycles. The Bertz CT molecular complexity index is 346. The quantitative estimate of drug-likeness (QED) is 0.820. The number of aromatic nitrogens is 2. The minimum absolute atomic E-state index is 0.122. The van der Waals surface area contributed by atoms with Crippen LogP contribution in [0.25, 0.3) is 0 Å². The van der Waals surface area contributed by atoms with Crippen LogP contribution in [0.1, 0.15) is 27.7 Å². The minimum Gasteiger partial charge on any atom is -0.475 e. The summed E-state index contributed by atoms with van der Waals surface area (Å²) in [5.41, 5.74) is 0. The number of nitrogens with zero attached hydrogens (tertiary/aromatic N) is 2. The van der Waals surface area contributed by atoms with E-state index in [1.54, 1.807) is 0 Å². The van der Waals surface area contributed by atoms with Gasteiger partial charge in [0.2, 0.25) is 5.88 Å². The van der Waals surface area contributed by atoms with E-state index < -0.39 is 0 Å². The van der Waals surface area contributed by atoms with Crippen molar-refractivity contribution in [3.8, 4) is 5.88 Å². The van der Waals surface area contributed by atoms with Crippen molar-refractivity contribution in [3.05, 3.63) is 12.4 Å². The molecule has 1 aromatic rings. The molecule has 2 unspecified atom stereocenters. The molecule has 1 rings (SSSR count). The number of hydrogen-bond acceptors (Lipinski definition) is 4. The molecule has 0 saturated heterocycles. The Morgan fingerprint density at radius 2 is 2.00 bits per heavy atom. The summed E-state index contributed by atoms with van der Waals surface area (Å²) in [5.74, 6) is 1.94. The molecule has 0 aliphatic heterocycles. The van der Waals surface area contributed by atoms with Crippen LogP contribution in [0, 0.1) is 5.92 Å². The molecule has 0 amide bonds. The maximum Gasteiger partial charge on any atom is 0.218 e. The second-order valence-corrected chi connectivity index (χ2v) is 5.12. The highest BCUT2D eigenvalue weighted by molar-refractivity contribution is 9.09. The van der Waals surface area contributed by atoms with Crippen LogP contribution in [0.4, 0.5) is 5.82 Å². The first-order valence-corrected chi connectivity index (χ1v) is 6.96. The molecule has 1 N–H and O–H groups in total. The third-order valence-electron chi connectivity index (χ3n) is 2.47. The number of rotatable bonds is 6. The number of nitrogens with one attached hydrogen (secondary N) is 1. The van der Waals surface area contributed by atoms with Crippen molar-refractivity contribution < 1.29 is 4.74 Å². The van der Waals surface area contributed by atoms with E-state index in [2.05, 4.69) is 45.1 Å². The molecule has 0 radical (unpaired) electrons. The minimum atomic E-state index is 0.122. The highest BCUT2D eigenvalue weighted by Crippen LogP contribution is 2.16. The normalized spacial score (nSPS) is 14.5. The monoisotopic (exact) mass is 301 g/mol. The Balaban J connectivity index is 2.65. The first kappa shape index (κ1) is 14.2. The average Bonchev–Trinajstić information content (AvgIpc) is 2.27. The van der Waals surface area contributed by atoms with Crippen molar-refractivity contribution in [1.82, 2.24) is 9.97 Å². The van der Waals surface area contributed by atoms with Crippen molar-refractivity contribution in [2.24, 2.45) is 5.92 Å². The van der Waals surface area contributed by atoms with Gasteiger partial charge in [0, 0.05) is 17.4 Å². The number of halogens is 1. The molecule has 0 fully saturated rings. The second-order valence-electron chi connectivity index (χ2n) is 4.47. The van der Waals surface area contributed by atoms with Gasteiger partial charge in [0.1, 0.15) is 12.1 Å². The maximum absolute atomic E-state index is 5.52. The molecular weight excluding hydrogens is 282 g/mol. The Labute approximate surface area is 111 Å². The van der Waals surface area contributed by atoms with Crippen LogP contribution in [-0.4, -0.2) is 27.4 Å². The molecule has 0 aliphatic rings. The van der Waals surface area contributed by atoms with Gasteiger partial charge < -0.3 is 10.1 Å². The first-order valence-electron chi connectivity index (χ1n) is 5.84. The molecule has 0 saturated carbocycles. The lowest BCUT2D eigenvalue weighted by molar-refractivity contribution is 0.232. The fourth-order valence-electron chi connectivity index (χ4n) is 1.23. The summed E-state index contributed by atoms with van der Waals surface area (Å²) in [7, 11) is 0. The van der Waals surface area contributed by atoms with Crippen molar-refractivity contribution in [2.45, 2.75) is 39.8 Å². The van der Waals surface area contributed by atoms with Crippen molar-refractivity contribution >= 4 is 21.7 Å². The lowest BCUT2D eigenvalue weighted by Gasteiger charge is -2.20. The Morgan fingerprint density at radius 1 is 1.29 bits per heavy atom. The first-order chi connectivity index (χ1) is 8.02. The van der Waals surface area contributed by atoms with Crippen molar-refractivity contribution in [2.75, 3.05) is 10.6 Å². The molecule has 4 nitrogen and oxygen atoms in total. The van der Waals surface area contributed by atoms with Crippen LogP contribution in [-0.2, 0) is 0 Å². The summed E-state index contributed by atoms with van der Waals surface area (Å²) in [6.45, 7) is 8.27. The van der Waals surface area contributed by atoms with Crippen LogP contribution in [0.15, 0.2) is 12.4 Å².